The van der Waals surface area contributed by atoms with Gasteiger partial charge in [0.15, 0.2) is 0 Å². The number of thiazole rings is 1. The molecule has 1 amide bonds. The maximum Gasteiger partial charge on any atom is 0.267 e. The molecule has 0 saturated carbocycles. The van der Waals surface area contributed by atoms with Gasteiger partial charge in [0.05, 0.1) is 35.6 Å². The van der Waals surface area contributed by atoms with Crippen molar-refractivity contribution in [2.45, 2.75) is 13.8 Å². The number of benzene rings is 1. The van der Waals surface area contributed by atoms with Crippen molar-refractivity contribution in [3.05, 3.63) is 32.7 Å². The van der Waals surface area contributed by atoms with Crippen molar-refractivity contribution in [1.82, 2.24) is 4.98 Å². The van der Waals surface area contributed by atoms with E-state index in [1.165, 1.54) is 25.6 Å². The smallest absolute Gasteiger partial charge is 0.267 e. The van der Waals surface area contributed by atoms with Gasteiger partial charge in [-0.2, -0.15) is 0 Å². The Hall–Kier alpha value is -1.79. The van der Waals surface area contributed by atoms with Gasteiger partial charge in [-0.15, -0.1) is 11.3 Å². The molecule has 0 unspecified atom stereocenters. The maximum absolute atomic E-state index is 12.3. The minimum atomic E-state index is -0.235. The van der Waals surface area contributed by atoms with E-state index in [1.54, 1.807) is 19.1 Å². The zero-order valence-corrected chi connectivity index (χ0v) is 13.7. The average molecular weight is 327 g/mol. The van der Waals surface area contributed by atoms with E-state index >= 15 is 0 Å². The van der Waals surface area contributed by atoms with Crippen LogP contribution in [0, 0.1) is 13.8 Å². The van der Waals surface area contributed by atoms with Gasteiger partial charge in [0.2, 0.25) is 0 Å². The molecule has 1 aromatic carbocycles. The van der Waals surface area contributed by atoms with Gasteiger partial charge < -0.3 is 14.8 Å². The normalized spacial score (nSPS) is 10.3. The summed E-state index contributed by atoms with van der Waals surface area (Å²) in [6, 6.07) is 3.23. The summed E-state index contributed by atoms with van der Waals surface area (Å²) in [6.07, 6.45) is 0. The van der Waals surface area contributed by atoms with Gasteiger partial charge >= 0.3 is 0 Å². The number of rotatable bonds is 4. The summed E-state index contributed by atoms with van der Waals surface area (Å²) in [6.45, 7) is 3.67. The van der Waals surface area contributed by atoms with Gasteiger partial charge in [-0.25, -0.2) is 4.98 Å². The second kappa shape index (κ2) is 6.32. The largest absolute Gasteiger partial charge is 0.495 e. The third-order valence-corrected chi connectivity index (χ3v) is 4.20. The standard InChI is InChI=1S/C14H15ClN2O3S/c1-7-13(21-8(2)16-7)14(18)17-10-6-11(19-3)9(15)5-12(10)20-4/h5-6H,1-4H3,(H,17,18). The number of nitrogens with zero attached hydrogens (tertiary/aromatic N) is 1. The molecule has 0 aliphatic rings. The minimum absolute atomic E-state index is 0.235. The predicted molar refractivity (Wildman–Crippen MR) is 84.1 cm³/mol. The number of carbonyl (C=O) groups is 1. The molecule has 0 spiro atoms. The quantitative estimate of drug-likeness (QED) is 0.931. The molecule has 0 saturated heterocycles. The first-order chi connectivity index (χ1) is 9.96. The molecule has 0 aliphatic carbocycles. The third kappa shape index (κ3) is 3.28. The van der Waals surface area contributed by atoms with Crippen molar-refractivity contribution in [3.8, 4) is 11.5 Å². The van der Waals surface area contributed by atoms with Crippen LogP contribution in [-0.4, -0.2) is 25.1 Å². The predicted octanol–water partition coefficient (Wildman–Crippen LogP) is 3.68. The Kier molecular flexibility index (Phi) is 4.69. The second-order valence-corrected chi connectivity index (χ2v) is 5.90. The van der Waals surface area contributed by atoms with Gasteiger partial charge in [0.1, 0.15) is 16.4 Å². The molecular weight excluding hydrogens is 312 g/mol. The van der Waals surface area contributed by atoms with Crippen LogP contribution in [-0.2, 0) is 0 Å². The van der Waals surface area contributed by atoms with E-state index in [4.69, 9.17) is 21.1 Å². The van der Waals surface area contributed by atoms with Gasteiger partial charge in [0, 0.05) is 12.1 Å². The van der Waals surface area contributed by atoms with E-state index in [1.807, 2.05) is 6.92 Å². The molecule has 0 fully saturated rings. The second-order valence-electron chi connectivity index (χ2n) is 4.29. The number of aryl methyl sites for hydroxylation is 2. The molecule has 21 heavy (non-hydrogen) atoms. The number of hydrogen-bond acceptors (Lipinski definition) is 5. The van der Waals surface area contributed by atoms with E-state index < -0.39 is 0 Å². The molecule has 0 atom stereocenters. The van der Waals surface area contributed by atoms with Crippen molar-refractivity contribution in [3.63, 3.8) is 0 Å². The molecule has 1 aromatic heterocycles. The Morgan fingerprint density at radius 1 is 1.24 bits per heavy atom. The summed E-state index contributed by atoms with van der Waals surface area (Å²) < 4.78 is 10.4. The molecular formula is C14H15ClN2O3S. The van der Waals surface area contributed by atoms with Crippen LogP contribution in [0.25, 0.3) is 0 Å². The fourth-order valence-corrected chi connectivity index (χ4v) is 2.93. The first-order valence-corrected chi connectivity index (χ1v) is 7.32. The molecule has 7 heteroatoms. The van der Waals surface area contributed by atoms with Crippen LogP contribution in [0.4, 0.5) is 5.69 Å². The fraction of sp³-hybridized carbons (Fsp3) is 0.286. The summed E-state index contributed by atoms with van der Waals surface area (Å²) in [5, 5.41) is 4.06. The lowest BCUT2D eigenvalue weighted by atomic mass is 10.2. The Bertz CT molecular complexity index is 685. The van der Waals surface area contributed by atoms with Gasteiger partial charge in [-0.05, 0) is 13.8 Å². The zero-order chi connectivity index (χ0) is 15.6. The topological polar surface area (TPSA) is 60.5 Å². The number of aromatic nitrogens is 1. The first-order valence-electron chi connectivity index (χ1n) is 6.13. The highest BCUT2D eigenvalue weighted by molar-refractivity contribution is 7.13. The summed E-state index contributed by atoms with van der Waals surface area (Å²) in [4.78, 5) is 17.1. The van der Waals surface area contributed by atoms with Crippen LogP contribution in [0.2, 0.25) is 5.02 Å². The Balaban J connectivity index is 2.34. The Morgan fingerprint density at radius 3 is 2.43 bits per heavy atom. The molecule has 2 rings (SSSR count). The molecule has 1 N–H and O–H groups in total. The van der Waals surface area contributed by atoms with Gasteiger partial charge in [0.25, 0.3) is 5.91 Å². The van der Waals surface area contributed by atoms with Crippen molar-refractivity contribution in [2.24, 2.45) is 0 Å². The lowest BCUT2D eigenvalue weighted by Crippen LogP contribution is -2.12. The molecule has 0 aliphatic heterocycles. The molecule has 5 nitrogen and oxygen atoms in total. The monoisotopic (exact) mass is 326 g/mol. The van der Waals surface area contributed by atoms with Gasteiger partial charge in [-0.3, -0.25) is 4.79 Å². The highest BCUT2D eigenvalue weighted by atomic mass is 35.5. The lowest BCUT2D eigenvalue weighted by Gasteiger charge is -2.12. The van der Waals surface area contributed by atoms with E-state index in [0.717, 1.165) is 5.01 Å². The van der Waals surface area contributed by atoms with Crippen molar-refractivity contribution in [2.75, 3.05) is 19.5 Å². The SMILES string of the molecule is COc1cc(NC(=O)c2sc(C)nc2C)c(OC)cc1Cl. The fourth-order valence-electron chi connectivity index (χ4n) is 1.88. The van der Waals surface area contributed by atoms with Crippen molar-refractivity contribution in [1.29, 1.82) is 0 Å². The zero-order valence-electron chi connectivity index (χ0n) is 12.1. The van der Waals surface area contributed by atoms with E-state index in [0.29, 0.717) is 32.8 Å². The van der Waals surface area contributed by atoms with Crippen LogP contribution < -0.4 is 14.8 Å². The van der Waals surface area contributed by atoms with Crippen LogP contribution in [0.15, 0.2) is 12.1 Å². The molecule has 0 radical (unpaired) electrons. The first kappa shape index (κ1) is 15.6. The number of anilines is 1. The summed E-state index contributed by atoms with van der Waals surface area (Å²) in [5.74, 6) is 0.693. The number of halogens is 1. The van der Waals surface area contributed by atoms with Crippen LogP contribution >= 0.6 is 22.9 Å². The number of amides is 1. The summed E-state index contributed by atoms with van der Waals surface area (Å²) >= 11 is 7.38. The van der Waals surface area contributed by atoms with Crippen molar-refractivity contribution < 1.29 is 14.3 Å². The molecule has 1 heterocycles. The summed E-state index contributed by atoms with van der Waals surface area (Å²) in [5.41, 5.74) is 1.20. The average Bonchev–Trinajstić information content (AvgIpc) is 2.79. The van der Waals surface area contributed by atoms with Gasteiger partial charge in [-0.1, -0.05) is 11.6 Å². The van der Waals surface area contributed by atoms with E-state index in [-0.39, 0.29) is 5.91 Å². The summed E-state index contributed by atoms with van der Waals surface area (Å²) in [7, 11) is 3.02. The maximum atomic E-state index is 12.3. The number of methoxy groups -OCH3 is 2. The van der Waals surface area contributed by atoms with Crippen LogP contribution in [0.1, 0.15) is 20.4 Å². The number of ether oxygens (including phenoxy) is 2. The van der Waals surface area contributed by atoms with Crippen molar-refractivity contribution >= 4 is 34.5 Å². The molecule has 0 bridgehead atoms. The van der Waals surface area contributed by atoms with Crippen LogP contribution in [0.5, 0.6) is 11.5 Å². The number of carbonyl (C=O) groups excluding carboxylic acids is 1. The lowest BCUT2D eigenvalue weighted by molar-refractivity contribution is 0.102. The third-order valence-electron chi connectivity index (χ3n) is 2.83. The van der Waals surface area contributed by atoms with Crippen LogP contribution in [0.3, 0.4) is 0 Å². The number of nitrogens with one attached hydrogen (secondary N) is 1. The van der Waals surface area contributed by atoms with E-state index in [9.17, 15) is 4.79 Å². The Labute approximate surface area is 131 Å². The molecule has 112 valence electrons. The number of hydrogen-bond donors (Lipinski definition) is 1. The Morgan fingerprint density at radius 2 is 1.90 bits per heavy atom. The highest BCUT2D eigenvalue weighted by Crippen LogP contribution is 2.36. The minimum Gasteiger partial charge on any atom is -0.495 e. The highest BCUT2D eigenvalue weighted by Gasteiger charge is 2.17. The molecule has 2 aromatic rings. The van der Waals surface area contributed by atoms with E-state index in [2.05, 4.69) is 10.3 Å².